The summed E-state index contributed by atoms with van der Waals surface area (Å²) >= 11 is 0. The van der Waals surface area contributed by atoms with E-state index in [9.17, 15) is 14.7 Å². The monoisotopic (exact) mass is 277 g/mol. The van der Waals surface area contributed by atoms with Gasteiger partial charge in [0.1, 0.15) is 11.8 Å². The number of hydrogen-bond donors (Lipinski definition) is 4. The lowest BCUT2D eigenvalue weighted by molar-refractivity contribution is -0.139. The van der Waals surface area contributed by atoms with Crippen molar-refractivity contribution in [3.63, 3.8) is 0 Å². The van der Waals surface area contributed by atoms with Crippen molar-refractivity contribution in [3.8, 4) is 5.75 Å². The molecule has 1 aromatic rings. The van der Waals surface area contributed by atoms with Gasteiger partial charge in [0.05, 0.1) is 5.69 Å². The molecule has 0 spiro atoms. The first-order valence-corrected chi connectivity index (χ1v) is 6.36. The van der Waals surface area contributed by atoms with Crippen LogP contribution in [0.25, 0.3) is 0 Å². The number of hydrogen-bond acceptors (Lipinski definition) is 5. The van der Waals surface area contributed by atoms with Crippen LogP contribution in [0.4, 0.5) is 5.69 Å². The third-order valence-electron chi connectivity index (χ3n) is 3.65. The SMILES string of the molecule is CC1NNC(C(=O)O)C1c1ccc2c(c1)NC(=O)CO2. The number of aliphatic carboxylic acids is 1. The number of anilines is 1. The van der Waals surface area contributed by atoms with E-state index in [2.05, 4.69) is 16.2 Å². The fourth-order valence-electron chi connectivity index (χ4n) is 2.69. The van der Waals surface area contributed by atoms with Gasteiger partial charge in [0.25, 0.3) is 5.91 Å². The summed E-state index contributed by atoms with van der Waals surface area (Å²) < 4.78 is 5.29. The molecule has 2 heterocycles. The summed E-state index contributed by atoms with van der Waals surface area (Å²) in [6, 6.07) is 4.63. The molecule has 0 saturated carbocycles. The van der Waals surface area contributed by atoms with Crippen LogP contribution in [0.3, 0.4) is 0 Å². The number of nitrogens with one attached hydrogen (secondary N) is 3. The Morgan fingerprint density at radius 1 is 1.40 bits per heavy atom. The molecule has 3 unspecified atom stereocenters. The molecular formula is C13H15N3O4. The van der Waals surface area contributed by atoms with Crippen LogP contribution >= 0.6 is 0 Å². The van der Waals surface area contributed by atoms with Crippen LogP contribution in [0.5, 0.6) is 5.75 Å². The van der Waals surface area contributed by atoms with E-state index < -0.39 is 12.0 Å². The number of carbonyl (C=O) groups excluding carboxylic acids is 1. The molecule has 1 saturated heterocycles. The minimum atomic E-state index is -0.912. The van der Waals surface area contributed by atoms with E-state index in [0.29, 0.717) is 11.4 Å². The number of benzene rings is 1. The Kier molecular flexibility index (Phi) is 3.07. The van der Waals surface area contributed by atoms with E-state index in [-0.39, 0.29) is 24.5 Å². The van der Waals surface area contributed by atoms with Gasteiger partial charge in [0.2, 0.25) is 0 Å². The summed E-state index contributed by atoms with van der Waals surface area (Å²) in [5, 5.41) is 12.0. The lowest BCUT2D eigenvalue weighted by Gasteiger charge is -2.22. The highest BCUT2D eigenvalue weighted by Crippen LogP contribution is 2.34. The molecule has 0 aliphatic carbocycles. The van der Waals surface area contributed by atoms with Gasteiger partial charge in [0, 0.05) is 12.0 Å². The minimum absolute atomic E-state index is 0.00698. The normalized spacial score (nSPS) is 28.4. The highest BCUT2D eigenvalue weighted by molar-refractivity contribution is 5.95. The van der Waals surface area contributed by atoms with E-state index in [4.69, 9.17) is 4.74 Å². The second-order valence-electron chi connectivity index (χ2n) is 5.01. The Morgan fingerprint density at radius 2 is 2.20 bits per heavy atom. The molecule has 3 atom stereocenters. The van der Waals surface area contributed by atoms with E-state index in [1.54, 1.807) is 12.1 Å². The zero-order valence-corrected chi connectivity index (χ0v) is 10.8. The predicted octanol–water partition coefficient (Wildman–Crippen LogP) is 0.0506. The summed E-state index contributed by atoms with van der Waals surface area (Å²) in [5.74, 6) is -0.742. The van der Waals surface area contributed by atoms with Crippen LogP contribution < -0.4 is 20.9 Å². The first-order chi connectivity index (χ1) is 9.56. The van der Waals surface area contributed by atoms with Gasteiger partial charge in [0.15, 0.2) is 6.61 Å². The van der Waals surface area contributed by atoms with Crippen molar-refractivity contribution in [2.45, 2.75) is 24.9 Å². The van der Waals surface area contributed by atoms with E-state index in [1.165, 1.54) is 0 Å². The maximum atomic E-state index is 11.3. The fourth-order valence-corrected chi connectivity index (χ4v) is 2.69. The zero-order valence-electron chi connectivity index (χ0n) is 10.8. The molecule has 7 nitrogen and oxygen atoms in total. The van der Waals surface area contributed by atoms with Gasteiger partial charge < -0.3 is 15.2 Å². The first kappa shape index (κ1) is 12.9. The molecule has 2 aliphatic heterocycles. The van der Waals surface area contributed by atoms with Gasteiger partial charge in [-0.2, -0.15) is 0 Å². The van der Waals surface area contributed by atoms with Crippen LogP contribution in [0.1, 0.15) is 18.4 Å². The lowest BCUT2D eigenvalue weighted by atomic mass is 9.87. The van der Waals surface area contributed by atoms with E-state index >= 15 is 0 Å². The minimum Gasteiger partial charge on any atom is -0.482 e. The number of rotatable bonds is 2. The Bertz CT molecular complexity index is 575. The molecule has 7 heteroatoms. The molecule has 106 valence electrons. The smallest absolute Gasteiger partial charge is 0.322 e. The van der Waals surface area contributed by atoms with Crippen molar-refractivity contribution in [2.24, 2.45) is 0 Å². The number of ether oxygens (including phenoxy) is 1. The number of carboxylic acids is 1. The van der Waals surface area contributed by atoms with Crippen molar-refractivity contribution < 1.29 is 19.4 Å². The Labute approximate surface area is 115 Å². The van der Waals surface area contributed by atoms with Crippen LogP contribution in [-0.4, -0.2) is 35.7 Å². The van der Waals surface area contributed by atoms with Gasteiger partial charge >= 0.3 is 5.97 Å². The Balaban J connectivity index is 1.95. The summed E-state index contributed by atoms with van der Waals surface area (Å²) in [6.45, 7) is 1.92. The maximum absolute atomic E-state index is 11.3. The number of carboxylic acid groups (broad SMARTS) is 1. The molecule has 0 bridgehead atoms. The first-order valence-electron chi connectivity index (χ1n) is 6.36. The van der Waals surface area contributed by atoms with Crippen molar-refractivity contribution >= 4 is 17.6 Å². The topological polar surface area (TPSA) is 99.7 Å². The molecule has 0 radical (unpaired) electrons. The highest BCUT2D eigenvalue weighted by Gasteiger charge is 2.39. The van der Waals surface area contributed by atoms with Gasteiger partial charge in [-0.1, -0.05) is 6.07 Å². The average Bonchev–Trinajstić information content (AvgIpc) is 2.80. The van der Waals surface area contributed by atoms with Crippen molar-refractivity contribution in [3.05, 3.63) is 23.8 Å². The third kappa shape index (κ3) is 2.10. The third-order valence-corrected chi connectivity index (χ3v) is 3.65. The van der Waals surface area contributed by atoms with Crippen LogP contribution in [-0.2, 0) is 9.59 Å². The highest BCUT2D eigenvalue weighted by atomic mass is 16.5. The van der Waals surface area contributed by atoms with Crippen molar-refractivity contribution in [1.82, 2.24) is 10.9 Å². The number of amides is 1. The number of hydrazine groups is 1. The summed E-state index contributed by atoms with van der Waals surface area (Å²) in [7, 11) is 0. The second-order valence-corrected chi connectivity index (χ2v) is 5.01. The zero-order chi connectivity index (χ0) is 14.3. The molecule has 0 aromatic heterocycles. The van der Waals surface area contributed by atoms with Gasteiger partial charge in [-0.25, -0.2) is 5.43 Å². The summed E-state index contributed by atoms with van der Waals surface area (Å²) in [4.78, 5) is 22.6. The van der Waals surface area contributed by atoms with E-state index in [0.717, 1.165) is 5.56 Å². The summed E-state index contributed by atoms with van der Waals surface area (Å²) in [6.07, 6.45) is 0. The molecule has 2 aliphatic rings. The fraction of sp³-hybridized carbons (Fsp3) is 0.385. The molecule has 1 aromatic carbocycles. The molecule has 1 fully saturated rings. The maximum Gasteiger partial charge on any atom is 0.322 e. The Hall–Kier alpha value is -2.12. The second kappa shape index (κ2) is 4.77. The molecule has 1 amide bonds. The number of fused-ring (bicyclic) bond motifs is 1. The van der Waals surface area contributed by atoms with Gasteiger partial charge in [-0.3, -0.25) is 15.0 Å². The van der Waals surface area contributed by atoms with Crippen LogP contribution in [0.2, 0.25) is 0 Å². The molecular weight excluding hydrogens is 262 g/mol. The standard InChI is InChI=1S/C13H15N3O4/c1-6-11(12(13(18)19)16-15-6)7-2-3-9-8(4-7)14-10(17)5-20-9/h2-4,6,11-12,15-16H,5H2,1H3,(H,14,17)(H,18,19). The lowest BCUT2D eigenvalue weighted by Crippen LogP contribution is -2.38. The molecule has 3 rings (SSSR count). The summed E-state index contributed by atoms with van der Waals surface area (Å²) in [5.41, 5.74) is 7.14. The predicted molar refractivity (Wildman–Crippen MR) is 70.5 cm³/mol. The van der Waals surface area contributed by atoms with Gasteiger partial charge in [-0.05, 0) is 24.6 Å². The Morgan fingerprint density at radius 3 is 2.95 bits per heavy atom. The van der Waals surface area contributed by atoms with Crippen molar-refractivity contribution in [1.29, 1.82) is 0 Å². The number of carbonyl (C=O) groups is 2. The van der Waals surface area contributed by atoms with Gasteiger partial charge in [-0.15, -0.1) is 0 Å². The van der Waals surface area contributed by atoms with Crippen molar-refractivity contribution in [2.75, 3.05) is 11.9 Å². The van der Waals surface area contributed by atoms with Crippen LogP contribution in [0, 0.1) is 0 Å². The van der Waals surface area contributed by atoms with Crippen LogP contribution in [0.15, 0.2) is 18.2 Å². The molecule has 4 N–H and O–H groups in total. The molecule has 20 heavy (non-hydrogen) atoms. The van der Waals surface area contributed by atoms with E-state index in [1.807, 2.05) is 13.0 Å². The quantitative estimate of drug-likeness (QED) is 0.609. The largest absolute Gasteiger partial charge is 0.482 e. The average molecular weight is 277 g/mol.